The van der Waals surface area contributed by atoms with Crippen LogP contribution in [0.1, 0.15) is 5.82 Å². The fraction of sp³-hybridized carbons (Fsp3) is 0.667. The molecule has 1 aromatic rings. The van der Waals surface area contributed by atoms with Crippen molar-refractivity contribution in [2.75, 3.05) is 11.2 Å². The van der Waals surface area contributed by atoms with E-state index in [9.17, 15) is 8.42 Å². The zero-order valence-electron chi connectivity index (χ0n) is 7.30. The molecule has 2 rings (SSSR count). The topological polar surface area (TPSA) is 68.1 Å². The molecule has 1 aliphatic rings. The highest BCUT2D eigenvalue weighted by atomic mass is 79.9. The van der Waals surface area contributed by atoms with E-state index in [0.717, 1.165) is 0 Å². The molecule has 1 aromatic heterocycles. The molecule has 0 N–H and O–H groups in total. The molecule has 8 heteroatoms. The van der Waals surface area contributed by atoms with Gasteiger partial charge >= 0.3 is 0 Å². The van der Waals surface area contributed by atoms with Crippen LogP contribution < -0.4 is 0 Å². The van der Waals surface area contributed by atoms with Crippen molar-refractivity contribution in [2.45, 2.75) is 13.1 Å². The van der Waals surface area contributed by atoms with Crippen LogP contribution in [0, 0.1) is 0 Å². The first kappa shape index (κ1) is 10.1. The molecule has 0 amide bonds. The molecule has 0 spiro atoms. The van der Waals surface area contributed by atoms with Gasteiger partial charge in [-0.25, -0.2) is 8.42 Å². The van der Waals surface area contributed by atoms with E-state index >= 15 is 0 Å². The number of hydrogen-bond donors (Lipinski definition) is 0. The van der Waals surface area contributed by atoms with Crippen molar-refractivity contribution >= 4 is 26.0 Å². The molecule has 0 saturated carbocycles. The molecule has 0 atom stereocenters. The van der Waals surface area contributed by atoms with Gasteiger partial charge in [0.1, 0.15) is 16.8 Å². The number of nitrogens with zero attached hydrogens (tertiary/aromatic N) is 4. The molecular weight excluding hydrogens is 272 g/mol. The fourth-order valence-electron chi connectivity index (χ4n) is 1.35. The maximum atomic E-state index is 11.5. The predicted octanol–water partition coefficient (Wildman–Crippen LogP) is -0.224. The Bertz CT molecular complexity index is 429. The van der Waals surface area contributed by atoms with E-state index in [0.29, 0.717) is 25.5 Å². The Morgan fingerprint density at radius 2 is 2.29 bits per heavy atom. The van der Waals surface area contributed by atoms with Crippen molar-refractivity contribution in [3.8, 4) is 0 Å². The van der Waals surface area contributed by atoms with Crippen LogP contribution in [0.15, 0.2) is 6.33 Å². The molecule has 14 heavy (non-hydrogen) atoms. The van der Waals surface area contributed by atoms with Gasteiger partial charge in [0.25, 0.3) is 0 Å². The molecular formula is C6H9BrN4O2S. The van der Waals surface area contributed by atoms with Crippen LogP contribution >= 0.6 is 15.9 Å². The predicted molar refractivity (Wildman–Crippen MR) is 53.1 cm³/mol. The highest BCUT2D eigenvalue weighted by Crippen LogP contribution is 2.14. The van der Waals surface area contributed by atoms with Crippen LogP contribution in [-0.4, -0.2) is 38.7 Å². The first-order valence-corrected chi connectivity index (χ1v) is 6.77. The van der Waals surface area contributed by atoms with Gasteiger partial charge in [0.15, 0.2) is 0 Å². The third-order valence-electron chi connectivity index (χ3n) is 2.14. The minimum Gasteiger partial charge on any atom is -0.315 e. The van der Waals surface area contributed by atoms with Crippen molar-refractivity contribution in [2.24, 2.45) is 0 Å². The zero-order chi connectivity index (χ0) is 10.2. The molecule has 6 nitrogen and oxygen atoms in total. The second kappa shape index (κ2) is 3.59. The summed E-state index contributed by atoms with van der Waals surface area (Å²) in [6.07, 6.45) is 1.62. The smallest absolute Gasteiger partial charge is 0.224 e. The Balaban J connectivity index is 2.23. The lowest BCUT2D eigenvalue weighted by Gasteiger charge is -2.25. The Hall–Kier alpha value is -0.470. The van der Waals surface area contributed by atoms with Crippen LogP contribution in [0.5, 0.6) is 0 Å². The summed E-state index contributed by atoms with van der Waals surface area (Å²) in [5.74, 6) is 0.695. The Kier molecular flexibility index (Phi) is 2.58. The van der Waals surface area contributed by atoms with Crippen LogP contribution in [-0.2, 0) is 23.1 Å². The zero-order valence-corrected chi connectivity index (χ0v) is 9.70. The van der Waals surface area contributed by atoms with Crippen molar-refractivity contribution in [3.05, 3.63) is 12.2 Å². The molecule has 0 fully saturated rings. The van der Waals surface area contributed by atoms with E-state index in [4.69, 9.17) is 0 Å². The Morgan fingerprint density at radius 1 is 1.50 bits per heavy atom. The SMILES string of the molecule is O=S(=O)(CBr)N1CCn2cnnc2C1. The van der Waals surface area contributed by atoms with Gasteiger partial charge < -0.3 is 4.57 Å². The second-order valence-electron chi connectivity index (χ2n) is 3.00. The lowest BCUT2D eigenvalue weighted by atomic mass is 10.4. The highest BCUT2D eigenvalue weighted by Gasteiger charge is 2.26. The van der Waals surface area contributed by atoms with Gasteiger partial charge in [-0.1, -0.05) is 15.9 Å². The summed E-state index contributed by atoms with van der Waals surface area (Å²) >= 11 is 2.96. The molecule has 0 radical (unpaired) electrons. The molecule has 1 aliphatic heterocycles. The standard InChI is InChI=1S/C6H9BrN4O2S/c7-4-14(12,13)11-2-1-10-5-8-9-6(10)3-11/h5H,1-4H2. The first-order chi connectivity index (χ1) is 6.63. The average Bonchev–Trinajstić information content (AvgIpc) is 2.64. The summed E-state index contributed by atoms with van der Waals surface area (Å²) in [5, 5.41) is 7.57. The quantitative estimate of drug-likeness (QED) is 0.703. The second-order valence-corrected chi connectivity index (χ2v) is 6.27. The fourth-order valence-corrected chi connectivity index (χ4v) is 3.03. The Labute approximate surface area is 90.1 Å². The number of aromatic nitrogens is 3. The first-order valence-electron chi connectivity index (χ1n) is 4.04. The van der Waals surface area contributed by atoms with Gasteiger partial charge in [0.2, 0.25) is 10.0 Å². The maximum absolute atomic E-state index is 11.5. The van der Waals surface area contributed by atoms with Crippen LogP contribution in [0.4, 0.5) is 0 Å². The monoisotopic (exact) mass is 280 g/mol. The molecule has 78 valence electrons. The number of alkyl halides is 1. The number of halogens is 1. The van der Waals surface area contributed by atoms with Crippen molar-refractivity contribution < 1.29 is 8.42 Å². The number of hydrogen-bond acceptors (Lipinski definition) is 4. The highest BCUT2D eigenvalue weighted by molar-refractivity contribution is 9.10. The lowest BCUT2D eigenvalue weighted by Crippen LogP contribution is -2.38. The summed E-state index contributed by atoms with van der Waals surface area (Å²) in [6.45, 7) is 1.42. The lowest BCUT2D eigenvalue weighted by molar-refractivity contribution is 0.337. The van der Waals surface area contributed by atoms with Crippen LogP contribution in [0.25, 0.3) is 0 Å². The maximum Gasteiger partial charge on any atom is 0.224 e. The molecule has 0 unspecified atom stereocenters. The summed E-state index contributed by atoms with van der Waals surface area (Å²) in [5.41, 5.74) is 0. The van der Waals surface area contributed by atoms with E-state index in [-0.39, 0.29) is 4.66 Å². The van der Waals surface area contributed by atoms with Gasteiger partial charge in [0.05, 0.1) is 6.54 Å². The van der Waals surface area contributed by atoms with Crippen molar-refractivity contribution in [1.82, 2.24) is 19.1 Å². The summed E-state index contributed by atoms with van der Waals surface area (Å²) in [6, 6.07) is 0. The molecule has 2 heterocycles. The molecule has 0 bridgehead atoms. The van der Waals surface area contributed by atoms with Gasteiger partial charge in [-0.15, -0.1) is 10.2 Å². The van der Waals surface area contributed by atoms with Gasteiger partial charge in [-0.3, -0.25) is 0 Å². The molecule has 0 saturated heterocycles. The minimum absolute atomic E-state index is 0.0475. The van der Waals surface area contributed by atoms with E-state index in [1.54, 1.807) is 6.33 Å². The van der Waals surface area contributed by atoms with E-state index < -0.39 is 10.0 Å². The molecule has 0 aromatic carbocycles. The van der Waals surface area contributed by atoms with Crippen LogP contribution in [0.3, 0.4) is 0 Å². The normalized spacial score (nSPS) is 18.1. The summed E-state index contributed by atoms with van der Waals surface area (Å²) < 4.78 is 26.2. The number of rotatable bonds is 2. The molecule has 0 aliphatic carbocycles. The van der Waals surface area contributed by atoms with E-state index in [1.807, 2.05) is 4.57 Å². The van der Waals surface area contributed by atoms with E-state index in [2.05, 4.69) is 26.1 Å². The largest absolute Gasteiger partial charge is 0.315 e. The van der Waals surface area contributed by atoms with Gasteiger partial charge in [-0.2, -0.15) is 4.31 Å². The summed E-state index contributed by atoms with van der Waals surface area (Å²) in [4.78, 5) is 0. The van der Waals surface area contributed by atoms with Crippen molar-refractivity contribution in [1.29, 1.82) is 0 Å². The third-order valence-corrected chi connectivity index (χ3v) is 5.25. The summed E-state index contributed by atoms with van der Waals surface area (Å²) in [7, 11) is -3.17. The number of sulfonamides is 1. The third kappa shape index (κ3) is 1.69. The van der Waals surface area contributed by atoms with Crippen molar-refractivity contribution in [3.63, 3.8) is 0 Å². The Morgan fingerprint density at radius 3 is 3.00 bits per heavy atom. The number of fused-ring (bicyclic) bond motifs is 1. The average molecular weight is 281 g/mol. The van der Waals surface area contributed by atoms with Crippen LogP contribution in [0.2, 0.25) is 0 Å². The minimum atomic E-state index is -3.17. The van der Waals surface area contributed by atoms with Gasteiger partial charge in [0, 0.05) is 13.1 Å². The van der Waals surface area contributed by atoms with E-state index in [1.165, 1.54) is 4.31 Å². The van der Waals surface area contributed by atoms with Gasteiger partial charge in [-0.05, 0) is 0 Å².